The quantitative estimate of drug-likeness (QED) is 0.489. The molecule has 0 spiro atoms. The van der Waals surface area contributed by atoms with Crippen LogP contribution in [0.15, 0.2) is 0 Å². The first-order valence-electron chi connectivity index (χ1n) is 4.26. The van der Waals surface area contributed by atoms with Crippen LogP contribution in [-0.2, 0) is 9.59 Å². The van der Waals surface area contributed by atoms with Gasteiger partial charge in [-0.25, -0.2) is 0 Å². The van der Waals surface area contributed by atoms with Gasteiger partial charge in [0.05, 0.1) is 12.0 Å². The highest BCUT2D eigenvalue weighted by Crippen LogP contribution is 2.25. The Morgan fingerprint density at radius 2 is 2.17 bits per heavy atom. The molecule has 0 aliphatic carbocycles. The summed E-state index contributed by atoms with van der Waals surface area (Å²) >= 11 is 0. The Kier molecular flexibility index (Phi) is 1.65. The first-order chi connectivity index (χ1) is 5.72. The van der Waals surface area contributed by atoms with E-state index in [4.69, 9.17) is 0 Å². The van der Waals surface area contributed by atoms with E-state index in [9.17, 15) is 9.59 Å². The highest BCUT2D eigenvalue weighted by molar-refractivity contribution is 6.06. The lowest BCUT2D eigenvalue weighted by Gasteiger charge is -2.21. The molecule has 0 aromatic heterocycles. The van der Waals surface area contributed by atoms with Crippen LogP contribution in [-0.4, -0.2) is 36.3 Å². The third-order valence-corrected chi connectivity index (χ3v) is 2.70. The molecular weight excluding hydrogens is 156 g/mol. The van der Waals surface area contributed by atoms with Crippen molar-refractivity contribution in [3.8, 4) is 0 Å². The normalized spacial score (nSPS) is 35.6. The molecule has 2 saturated heterocycles. The Morgan fingerprint density at radius 3 is 2.83 bits per heavy atom. The number of fused-ring (bicyclic) bond motifs is 1. The maximum atomic E-state index is 11.4. The lowest BCUT2D eigenvalue weighted by atomic mass is 9.93. The fourth-order valence-corrected chi connectivity index (χ4v) is 1.98. The van der Waals surface area contributed by atoms with E-state index in [2.05, 4.69) is 5.32 Å². The average molecular weight is 168 g/mol. The van der Waals surface area contributed by atoms with Crippen molar-refractivity contribution >= 4 is 11.8 Å². The van der Waals surface area contributed by atoms with Gasteiger partial charge in [0.1, 0.15) is 0 Å². The van der Waals surface area contributed by atoms with Crippen LogP contribution in [0.5, 0.6) is 0 Å². The smallest absolute Gasteiger partial charge is 0.246 e. The summed E-state index contributed by atoms with van der Waals surface area (Å²) in [7, 11) is 1.56. The van der Waals surface area contributed by atoms with Crippen molar-refractivity contribution in [2.24, 2.45) is 5.92 Å². The van der Waals surface area contributed by atoms with E-state index >= 15 is 0 Å². The van der Waals surface area contributed by atoms with Crippen LogP contribution in [0.2, 0.25) is 0 Å². The van der Waals surface area contributed by atoms with Crippen molar-refractivity contribution in [1.29, 1.82) is 0 Å². The molecule has 12 heavy (non-hydrogen) atoms. The summed E-state index contributed by atoms with van der Waals surface area (Å²) < 4.78 is 0. The predicted molar refractivity (Wildman–Crippen MR) is 42.3 cm³/mol. The number of hydrogen-bond donors (Lipinski definition) is 1. The van der Waals surface area contributed by atoms with Crippen molar-refractivity contribution in [2.45, 2.75) is 18.9 Å². The van der Waals surface area contributed by atoms with Crippen molar-refractivity contribution in [2.75, 3.05) is 13.6 Å². The van der Waals surface area contributed by atoms with Crippen LogP contribution < -0.4 is 5.32 Å². The Labute approximate surface area is 70.9 Å². The number of nitrogens with one attached hydrogen (secondary N) is 1. The number of rotatable bonds is 0. The zero-order valence-corrected chi connectivity index (χ0v) is 7.04. The van der Waals surface area contributed by atoms with Crippen molar-refractivity contribution < 1.29 is 9.59 Å². The van der Waals surface area contributed by atoms with Gasteiger partial charge in [-0.15, -0.1) is 0 Å². The Hall–Kier alpha value is -0.900. The Morgan fingerprint density at radius 1 is 1.42 bits per heavy atom. The minimum atomic E-state index is -0.226. The molecule has 2 fully saturated rings. The molecule has 0 radical (unpaired) electrons. The second-order valence-electron chi connectivity index (χ2n) is 3.42. The third kappa shape index (κ3) is 0.876. The molecular formula is C8H12N2O2. The molecule has 2 aliphatic heterocycles. The third-order valence-electron chi connectivity index (χ3n) is 2.70. The number of hydrogen-bond acceptors (Lipinski definition) is 3. The van der Waals surface area contributed by atoms with E-state index in [0.717, 1.165) is 19.4 Å². The fraction of sp³-hybridized carbons (Fsp3) is 0.750. The molecule has 0 bridgehead atoms. The first kappa shape index (κ1) is 7.73. The number of likely N-dealkylation sites (N-methyl/N-ethyl adjacent to an activating group) is 1. The fourth-order valence-electron chi connectivity index (χ4n) is 1.98. The van der Waals surface area contributed by atoms with Gasteiger partial charge in [0.2, 0.25) is 11.8 Å². The van der Waals surface area contributed by atoms with Gasteiger partial charge in [0, 0.05) is 7.05 Å². The van der Waals surface area contributed by atoms with Gasteiger partial charge in [0.15, 0.2) is 0 Å². The van der Waals surface area contributed by atoms with E-state index in [1.54, 1.807) is 7.05 Å². The number of carbonyl (C=O) groups excluding carboxylic acids is 2. The van der Waals surface area contributed by atoms with Gasteiger partial charge in [0.25, 0.3) is 0 Å². The van der Waals surface area contributed by atoms with Gasteiger partial charge in [-0.1, -0.05) is 0 Å². The zero-order valence-electron chi connectivity index (χ0n) is 7.04. The van der Waals surface area contributed by atoms with Crippen LogP contribution in [0.1, 0.15) is 12.8 Å². The van der Waals surface area contributed by atoms with E-state index in [-0.39, 0.29) is 23.8 Å². The predicted octanol–water partition coefficient (Wildman–Crippen LogP) is -0.647. The summed E-state index contributed by atoms with van der Waals surface area (Å²) in [5.74, 6) is -0.168. The van der Waals surface area contributed by atoms with Gasteiger partial charge < -0.3 is 5.32 Å². The largest absolute Gasteiger partial charge is 0.305 e. The molecule has 2 unspecified atom stereocenters. The second kappa shape index (κ2) is 2.55. The molecule has 2 heterocycles. The van der Waals surface area contributed by atoms with Gasteiger partial charge in [-0.05, 0) is 19.4 Å². The molecule has 1 N–H and O–H groups in total. The Bertz CT molecular complexity index is 215. The van der Waals surface area contributed by atoms with Crippen molar-refractivity contribution in [1.82, 2.24) is 10.2 Å². The monoisotopic (exact) mass is 168 g/mol. The lowest BCUT2D eigenvalue weighted by Crippen LogP contribution is -2.43. The molecule has 4 nitrogen and oxygen atoms in total. The van der Waals surface area contributed by atoms with Crippen molar-refractivity contribution in [3.05, 3.63) is 0 Å². The summed E-state index contributed by atoms with van der Waals surface area (Å²) in [6.45, 7) is 0.855. The summed E-state index contributed by atoms with van der Waals surface area (Å²) in [5, 5.41) is 3.08. The van der Waals surface area contributed by atoms with E-state index < -0.39 is 0 Å². The van der Waals surface area contributed by atoms with E-state index in [1.165, 1.54) is 4.90 Å². The Balaban J connectivity index is 2.25. The SMILES string of the molecule is CN1C(=O)C2CCCNC2C1=O. The molecule has 4 heteroatoms. The minimum Gasteiger partial charge on any atom is -0.305 e. The van der Waals surface area contributed by atoms with Crippen LogP contribution in [0.3, 0.4) is 0 Å². The molecule has 2 rings (SSSR count). The number of likely N-dealkylation sites (tertiary alicyclic amines) is 1. The lowest BCUT2D eigenvalue weighted by molar-refractivity contribution is -0.137. The van der Waals surface area contributed by atoms with Gasteiger partial charge >= 0.3 is 0 Å². The first-order valence-corrected chi connectivity index (χ1v) is 4.26. The average Bonchev–Trinajstić information content (AvgIpc) is 2.33. The summed E-state index contributed by atoms with van der Waals surface area (Å²) in [4.78, 5) is 24.1. The molecule has 2 atom stereocenters. The number of piperidine rings is 1. The molecule has 0 saturated carbocycles. The molecule has 2 aliphatic rings. The van der Waals surface area contributed by atoms with Gasteiger partial charge in [-0.3, -0.25) is 14.5 Å². The molecule has 0 aromatic rings. The summed E-state index contributed by atoms with van der Waals surface area (Å²) in [6, 6.07) is -0.226. The number of imide groups is 1. The molecule has 0 aromatic carbocycles. The zero-order chi connectivity index (χ0) is 8.72. The number of nitrogens with zero attached hydrogens (tertiary/aromatic N) is 1. The standard InChI is InChI=1S/C8H12N2O2/c1-10-7(11)5-3-2-4-9-6(5)8(10)12/h5-6,9H,2-4H2,1H3. The maximum Gasteiger partial charge on any atom is 0.246 e. The molecule has 2 amide bonds. The number of amides is 2. The van der Waals surface area contributed by atoms with Crippen LogP contribution in [0.4, 0.5) is 0 Å². The highest BCUT2D eigenvalue weighted by atomic mass is 16.2. The highest BCUT2D eigenvalue weighted by Gasteiger charge is 2.46. The van der Waals surface area contributed by atoms with E-state index in [0.29, 0.717) is 0 Å². The summed E-state index contributed by atoms with van der Waals surface area (Å²) in [6.07, 6.45) is 1.85. The van der Waals surface area contributed by atoms with Gasteiger partial charge in [-0.2, -0.15) is 0 Å². The molecule has 66 valence electrons. The maximum absolute atomic E-state index is 11.4. The van der Waals surface area contributed by atoms with E-state index in [1.807, 2.05) is 0 Å². The minimum absolute atomic E-state index is 0.0165. The van der Waals surface area contributed by atoms with Crippen LogP contribution in [0.25, 0.3) is 0 Å². The number of carbonyl (C=O) groups is 2. The van der Waals surface area contributed by atoms with Crippen molar-refractivity contribution in [3.63, 3.8) is 0 Å². The topological polar surface area (TPSA) is 49.4 Å². The van der Waals surface area contributed by atoms with Crippen LogP contribution in [0, 0.1) is 5.92 Å². The second-order valence-corrected chi connectivity index (χ2v) is 3.42. The summed E-state index contributed by atoms with van der Waals surface area (Å²) in [5.41, 5.74) is 0. The van der Waals surface area contributed by atoms with Crippen LogP contribution >= 0.6 is 0 Å².